The molecule has 1 aromatic heterocycles. The maximum Gasteiger partial charge on any atom is 0.129 e. The van der Waals surface area contributed by atoms with Gasteiger partial charge in [0.05, 0.1) is 6.10 Å². The third kappa shape index (κ3) is 3.49. The van der Waals surface area contributed by atoms with Crippen molar-refractivity contribution in [2.24, 2.45) is 0 Å². The Morgan fingerprint density at radius 3 is 2.80 bits per heavy atom. The topological polar surface area (TPSA) is 62.4 Å². The maximum absolute atomic E-state index is 9.93. The van der Waals surface area contributed by atoms with Gasteiger partial charge in [0.25, 0.3) is 0 Å². The summed E-state index contributed by atoms with van der Waals surface area (Å²) in [6, 6.07) is 1.89. The SMILES string of the molecule is Cc1cnc(N)c(C(O)CCN(C)C)c1. The number of nitrogen functional groups attached to an aromatic ring is 1. The number of aromatic nitrogens is 1. The molecule has 0 radical (unpaired) electrons. The van der Waals surface area contributed by atoms with Gasteiger partial charge >= 0.3 is 0 Å². The van der Waals surface area contributed by atoms with E-state index in [1.807, 2.05) is 32.0 Å². The van der Waals surface area contributed by atoms with Crippen LogP contribution in [0.2, 0.25) is 0 Å². The normalized spacial score (nSPS) is 13.1. The Balaban J connectivity index is 2.72. The Hall–Kier alpha value is -1.13. The van der Waals surface area contributed by atoms with E-state index in [2.05, 4.69) is 4.98 Å². The Morgan fingerprint density at radius 1 is 1.53 bits per heavy atom. The molecule has 0 aromatic carbocycles. The number of anilines is 1. The summed E-state index contributed by atoms with van der Waals surface area (Å²) < 4.78 is 0. The summed E-state index contributed by atoms with van der Waals surface area (Å²) in [5, 5.41) is 9.93. The van der Waals surface area contributed by atoms with E-state index in [0.717, 1.165) is 17.7 Å². The lowest BCUT2D eigenvalue weighted by molar-refractivity contribution is 0.154. The molecule has 1 atom stereocenters. The summed E-state index contributed by atoms with van der Waals surface area (Å²) in [6.45, 7) is 2.77. The van der Waals surface area contributed by atoms with Crippen LogP contribution in [-0.2, 0) is 0 Å². The van der Waals surface area contributed by atoms with Crippen LogP contribution < -0.4 is 5.73 Å². The van der Waals surface area contributed by atoms with Crippen molar-refractivity contribution in [1.82, 2.24) is 9.88 Å². The average molecular weight is 209 g/mol. The Labute approximate surface area is 90.7 Å². The molecule has 84 valence electrons. The summed E-state index contributed by atoms with van der Waals surface area (Å²) in [4.78, 5) is 6.06. The zero-order valence-corrected chi connectivity index (χ0v) is 9.57. The molecular formula is C11H19N3O. The van der Waals surface area contributed by atoms with Gasteiger partial charge in [0.15, 0.2) is 0 Å². The number of aryl methyl sites for hydroxylation is 1. The van der Waals surface area contributed by atoms with Crippen molar-refractivity contribution >= 4 is 5.82 Å². The second-order valence-electron chi connectivity index (χ2n) is 4.09. The van der Waals surface area contributed by atoms with Gasteiger partial charge in [-0.1, -0.05) is 0 Å². The quantitative estimate of drug-likeness (QED) is 0.775. The van der Waals surface area contributed by atoms with E-state index in [4.69, 9.17) is 5.73 Å². The van der Waals surface area contributed by atoms with E-state index in [0.29, 0.717) is 12.2 Å². The standard InChI is InChI=1S/C11H19N3O/c1-8-6-9(11(12)13-7-8)10(15)4-5-14(2)3/h6-7,10,15H,4-5H2,1-3H3,(H2,12,13). The van der Waals surface area contributed by atoms with Gasteiger partial charge in [-0.15, -0.1) is 0 Å². The van der Waals surface area contributed by atoms with Crippen LogP contribution in [0.15, 0.2) is 12.3 Å². The third-order valence-corrected chi connectivity index (χ3v) is 2.29. The van der Waals surface area contributed by atoms with E-state index in [1.54, 1.807) is 6.20 Å². The smallest absolute Gasteiger partial charge is 0.129 e. The molecule has 0 bridgehead atoms. The van der Waals surface area contributed by atoms with Crippen LogP contribution in [0, 0.1) is 6.92 Å². The second kappa shape index (κ2) is 5.09. The molecule has 4 nitrogen and oxygen atoms in total. The van der Waals surface area contributed by atoms with Crippen LogP contribution in [0.3, 0.4) is 0 Å². The maximum atomic E-state index is 9.93. The highest BCUT2D eigenvalue weighted by molar-refractivity contribution is 5.42. The predicted molar refractivity (Wildman–Crippen MR) is 61.5 cm³/mol. The summed E-state index contributed by atoms with van der Waals surface area (Å²) in [5.41, 5.74) is 7.46. The Bertz CT molecular complexity index is 326. The van der Waals surface area contributed by atoms with Crippen LogP contribution in [0.1, 0.15) is 23.7 Å². The fraction of sp³-hybridized carbons (Fsp3) is 0.545. The number of aliphatic hydroxyl groups is 1. The number of pyridine rings is 1. The molecule has 1 aromatic rings. The number of hydrogen-bond acceptors (Lipinski definition) is 4. The van der Waals surface area contributed by atoms with Crippen molar-refractivity contribution in [3.63, 3.8) is 0 Å². The number of nitrogens with two attached hydrogens (primary N) is 1. The van der Waals surface area contributed by atoms with Gasteiger partial charge in [-0.25, -0.2) is 4.98 Å². The van der Waals surface area contributed by atoms with Crippen LogP contribution in [0.25, 0.3) is 0 Å². The number of hydrogen-bond donors (Lipinski definition) is 2. The lowest BCUT2D eigenvalue weighted by Crippen LogP contribution is -2.16. The van der Waals surface area contributed by atoms with Crippen molar-refractivity contribution in [3.8, 4) is 0 Å². The highest BCUT2D eigenvalue weighted by Gasteiger charge is 2.12. The molecule has 0 aliphatic heterocycles. The van der Waals surface area contributed by atoms with Crippen LogP contribution in [0.4, 0.5) is 5.82 Å². The highest BCUT2D eigenvalue weighted by atomic mass is 16.3. The molecule has 0 spiro atoms. The van der Waals surface area contributed by atoms with Crippen molar-refractivity contribution in [1.29, 1.82) is 0 Å². The first-order chi connectivity index (χ1) is 7.00. The average Bonchev–Trinajstić information content (AvgIpc) is 2.18. The molecule has 3 N–H and O–H groups in total. The molecule has 0 saturated heterocycles. The fourth-order valence-corrected chi connectivity index (χ4v) is 1.41. The first kappa shape index (κ1) is 11.9. The summed E-state index contributed by atoms with van der Waals surface area (Å²) in [7, 11) is 3.95. The van der Waals surface area contributed by atoms with Gasteiger partial charge in [-0.05, 0) is 39.1 Å². The van der Waals surface area contributed by atoms with Gasteiger partial charge in [-0.3, -0.25) is 0 Å². The molecule has 0 fully saturated rings. The highest BCUT2D eigenvalue weighted by Crippen LogP contribution is 2.22. The van der Waals surface area contributed by atoms with E-state index in [1.165, 1.54) is 0 Å². The van der Waals surface area contributed by atoms with Crippen molar-refractivity contribution in [2.75, 3.05) is 26.4 Å². The van der Waals surface area contributed by atoms with E-state index < -0.39 is 6.10 Å². The Kier molecular flexibility index (Phi) is 4.05. The minimum Gasteiger partial charge on any atom is -0.388 e. The number of nitrogens with zero attached hydrogens (tertiary/aromatic N) is 2. The molecule has 1 unspecified atom stereocenters. The Morgan fingerprint density at radius 2 is 2.20 bits per heavy atom. The third-order valence-electron chi connectivity index (χ3n) is 2.29. The fourth-order valence-electron chi connectivity index (χ4n) is 1.41. The van der Waals surface area contributed by atoms with Crippen LogP contribution in [-0.4, -0.2) is 35.6 Å². The molecule has 0 aliphatic rings. The van der Waals surface area contributed by atoms with Gasteiger partial charge < -0.3 is 15.7 Å². The molecular weight excluding hydrogens is 190 g/mol. The zero-order chi connectivity index (χ0) is 11.4. The molecule has 4 heteroatoms. The zero-order valence-electron chi connectivity index (χ0n) is 9.57. The molecule has 0 amide bonds. The summed E-state index contributed by atoms with van der Waals surface area (Å²) in [6.07, 6.45) is 1.85. The molecule has 15 heavy (non-hydrogen) atoms. The van der Waals surface area contributed by atoms with Crippen molar-refractivity contribution in [2.45, 2.75) is 19.4 Å². The molecule has 0 aliphatic carbocycles. The summed E-state index contributed by atoms with van der Waals surface area (Å²) >= 11 is 0. The van der Waals surface area contributed by atoms with Crippen molar-refractivity contribution < 1.29 is 5.11 Å². The largest absolute Gasteiger partial charge is 0.388 e. The second-order valence-corrected chi connectivity index (χ2v) is 4.09. The van der Waals surface area contributed by atoms with Gasteiger partial charge in [0, 0.05) is 18.3 Å². The predicted octanol–water partition coefficient (Wildman–Crippen LogP) is 0.957. The van der Waals surface area contributed by atoms with Crippen molar-refractivity contribution in [3.05, 3.63) is 23.4 Å². The first-order valence-corrected chi connectivity index (χ1v) is 5.05. The minimum absolute atomic E-state index is 0.423. The van der Waals surface area contributed by atoms with E-state index in [-0.39, 0.29) is 0 Å². The summed E-state index contributed by atoms with van der Waals surface area (Å²) in [5.74, 6) is 0.423. The molecule has 1 rings (SSSR count). The monoisotopic (exact) mass is 209 g/mol. The minimum atomic E-state index is -0.528. The molecule has 1 heterocycles. The number of rotatable bonds is 4. The van der Waals surface area contributed by atoms with Crippen LogP contribution >= 0.6 is 0 Å². The van der Waals surface area contributed by atoms with Gasteiger partial charge in [0.2, 0.25) is 0 Å². The van der Waals surface area contributed by atoms with Gasteiger partial charge in [0.1, 0.15) is 5.82 Å². The van der Waals surface area contributed by atoms with Crippen LogP contribution in [0.5, 0.6) is 0 Å². The van der Waals surface area contributed by atoms with Gasteiger partial charge in [-0.2, -0.15) is 0 Å². The first-order valence-electron chi connectivity index (χ1n) is 5.05. The lowest BCUT2D eigenvalue weighted by Gasteiger charge is -2.16. The van der Waals surface area contributed by atoms with E-state index >= 15 is 0 Å². The molecule has 0 saturated carbocycles. The van der Waals surface area contributed by atoms with E-state index in [9.17, 15) is 5.11 Å². The number of aliphatic hydroxyl groups excluding tert-OH is 1. The lowest BCUT2D eigenvalue weighted by atomic mass is 10.1.